The second-order valence-electron chi connectivity index (χ2n) is 4.56. The molecule has 19 heavy (non-hydrogen) atoms. The van der Waals surface area contributed by atoms with Gasteiger partial charge in [-0.3, -0.25) is 0 Å². The van der Waals surface area contributed by atoms with E-state index in [1.54, 1.807) is 6.08 Å². The summed E-state index contributed by atoms with van der Waals surface area (Å²) in [5, 5.41) is 8.68. The summed E-state index contributed by atoms with van der Waals surface area (Å²) in [5.41, 5.74) is 0.764. The van der Waals surface area contributed by atoms with E-state index in [9.17, 15) is 4.79 Å². The van der Waals surface area contributed by atoms with E-state index >= 15 is 0 Å². The first-order valence-electron chi connectivity index (χ1n) is 6.36. The lowest BCUT2D eigenvalue weighted by Gasteiger charge is -2.14. The maximum Gasteiger partial charge on any atom is 0.328 e. The van der Waals surface area contributed by atoms with Crippen LogP contribution < -0.4 is 4.74 Å². The number of carboxylic acid groups (broad SMARTS) is 1. The van der Waals surface area contributed by atoms with Gasteiger partial charge in [0.15, 0.2) is 0 Å². The van der Waals surface area contributed by atoms with Crippen molar-refractivity contribution in [2.75, 3.05) is 6.61 Å². The SMILES string of the molecule is CCCC(C)COc1ccc(Br)cc1C=CC(=O)O. The van der Waals surface area contributed by atoms with Crippen molar-refractivity contribution in [3.05, 3.63) is 34.3 Å². The molecule has 1 unspecified atom stereocenters. The highest BCUT2D eigenvalue weighted by Gasteiger charge is 2.06. The van der Waals surface area contributed by atoms with Gasteiger partial charge in [-0.1, -0.05) is 36.2 Å². The zero-order chi connectivity index (χ0) is 14.3. The molecule has 0 heterocycles. The fourth-order valence-electron chi connectivity index (χ4n) is 1.75. The average molecular weight is 327 g/mol. The van der Waals surface area contributed by atoms with Gasteiger partial charge < -0.3 is 9.84 Å². The maximum atomic E-state index is 10.6. The van der Waals surface area contributed by atoms with Crippen molar-refractivity contribution >= 4 is 28.0 Å². The number of benzene rings is 1. The molecule has 0 saturated heterocycles. The van der Waals surface area contributed by atoms with Crippen LogP contribution in [-0.2, 0) is 4.79 Å². The van der Waals surface area contributed by atoms with Gasteiger partial charge in [0.05, 0.1) is 6.61 Å². The molecule has 0 bridgehead atoms. The van der Waals surface area contributed by atoms with Gasteiger partial charge in [-0.2, -0.15) is 0 Å². The first-order valence-corrected chi connectivity index (χ1v) is 7.15. The van der Waals surface area contributed by atoms with Gasteiger partial charge in [0.2, 0.25) is 0 Å². The third-order valence-corrected chi connectivity index (χ3v) is 3.18. The van der Waals surface area contributed by atoms with Crippen LogP contribution in [0.3, 0.4) is 0 Å². The van der Waals surface area contributed by atoms with Crippen molar-refractivity contribution in [1.82, 2.24) is 0 Å². The van der Waals surface area contributed by atoms with E-state index in [0.717, 1.165) is 29.0 Å². The third-order valence-electron chi connectivity index (χ3n) is 2.68. The number of carbonyl (C=O) groups is 1. The predicted octanol–water partition coefficient (Wildman–Crippen LogP) is 4.36. The number of rotatable bonds is 7. The van der Waals surface area contributed by atoms with Crippen molar-refractivity contribution in [1.29, 1.82) is 0 Å². The van der Waals surface area contributed by atoms with Crippen molar-refractivity contribution < 1.29 is 14.6 Å². The number of hydrogen-bond donors (Lipinski definition) is 1. The first-order chi connectivity index (χ1) is 9.02. The highest BCUT2D eigenvalue weighted by molar-refractivity contribution is 9.10. The summed E-state index contributed by atoms with van der Waals surface area (Å²) in [6, 6.07) is 5.58. The number of halogens is 1. The van der Waals surface area contributed by atoms with E-state index in [2.05, 4.69) is 29.8 Å². The monoisotopic (exact) mass is 326 g/mol. The zero-order valence-electron chi connectivity index (χ0n) is 11.2. The van der Waals surface area contributed by atoms with Crippen LogP contribution >= 0.6 is 15.9 Å². The molecular weight excluding hydrogens is 308 g/mol. The van der Waals surface area contributed by atoms with Gasteiger partial charge in [-0.25, -0.2) is 4.79 Å². The van der Waals surface area contributed by atoms with Crippen molar-refractivity contribution in [3.63, 3.8) is 0 Å². The summed E-state index contributed by atoms with van der Waals surface area (Å²) in [4.78, 5) is 10.6. The van der Waals surface area contributed by atoms with Crippen LogP contribution in [0.15, 0.2) is 28.7 Å². The smallest absolute Gasteiger partial charge is 0.328 e. The quantitative estimate of drug-likeness (QED) is 0.757. The Morgan fingerprint density at radius 1 is 1.53 bits per heavy atom. The minimum atomic E-state index is -0.967. The number of ether oxygens (including phenoxy) is 1. The van der Waals surface area contributed by atoms with Gasteiger partial charge in [-0.05, 0) is 36.6 Å². The van der Waals surface area contributed by atoms with Gasteiger partial charge in [0, 0.05) is 16.1 Å². The van der Waals surface area contributed by atoms with E-state index < -0.39 is 5.97 Å². The molecule has 1 aromatic carbocycles. The average Bonchev–Trinajstić information content (AvgIpc) is 2.35. The van der Waals surface area contributed by atoms with Crippen LogP contribution in [0, 0.1) is 5.92 Å². The summed E-state index contributed by atoms with van der Waals surface area (Å²) < 4.78 is 6.67. The van der Waals surface area contributed by atoms with Crippen molar-refractivity contribution in [3.8, 4) is 5.75 Å². The lowest BCUT2D eigenvalue weighted by molar-refractivity contribution is -0.131. The Labute approximate surface area is 122 Å². The van der Waals surface area contributed by atoms with E-state index in [-0.39, 0.29) is 0 Å². The van der Waals surface area contributed by atoms with Gasteiger partial charge in [-0.15, -0.1) is 0 Å². The molecule has 3 nitrogen and oxygen atoms in total. The molecule has 0 fully saturated rings. The van der Waals surface area contributed by atoms with Crippen molar-refractivity contribution in [2.45, 2.75) is 26.7 Å². The van der Waals surface area contributed by atoms with Gasteiger partial charge in [0.1, 0.15) is 5.75 Å². The molecule has 0 saturated carbocycles. The fraction of sp³-hybridized carbons (Fsp3) is 0.400. The summed E-state index contributed by atoms with van der Waals surface area (Å²) in [5.74, 6) is 0.235. The maximum absolute atomic E-state index is 10.6. The Kier molecular flexibility index (Phi) is 6.64. The second-order valence-corrected chi connectivity index (χ2v) is 5.47. The van der Waals surface area contributed by atoms with Gasteiger partial charge in [0.25, 0.3) is 0 Å². The van der Waals surface area contributed by atoms with Crippen molar-refractivity contribution in [2.24, 2.45) is 5.92 Å². The third kappa shape index (κ3) is 5.92. The summed E-state index contributed by atoms with van der Waals surface area (Å²) >= 11 is 3.37. The minimum Gasteiger partial charge on any atom is -0.493 e. The molecule has 4 heteroatoms. The van der Waals surface area contributed by atoms with Crippen LogP contribution in [0.25, 0.3) is 6.08 Å². The second kappa shape index (κ2) is 8.00. The minimum absolute atomic E-state index is 0.491. The fourth-order valence-corrected chi connectivity index (χ4v) is 2.13. The molecule has 0 spiro atoms. The standard InChI is InChI=1S/C15H19BrO3/c1-3-4-11(2)10-19-14-7-6-13(16)9-12(14)5-8-15(17)18/h5-9,11H,3-4,10H2,1-2H3,(H,17,18). The lowest BCUT2D eigenvalue weighted by atomic mass is 10.1. The molecule has 0 aliphatic rings. The Morgan fingerprint density at radius 2 is 2.26 bits per heavy atom. The van der Waals surface area contributed by atoms with Crippen LogP contribution in [0.2, 0.25) is 0 Å². The zero-order valence-corrected chi connectivity index (χ0v) is 12.8. The molecule has 0 aromatic heterocycles. The molecule has 0 aliphatic heterocycles. The molecule has 1 rings (SSSR count). The molecule has 0 aliphatic carbocycles. The summed E-state index contributed by atoms with van der Waals surface area (Å²) in [7, 11) is 0. The molecule has 1 N–H and O–H groups in total. The van der Waals surface area contributed by atoms with Crippen LogP contribution in [0.5, 0.6) is 5.75 Å². The Morgan fingerprint density at radius 3 is 2.89 bits per heavy atom. The molecular formula is C15H19BrO3. The number of hydrogen-bond acceptors (Lipinski definition) is 2. The highest BCUT2D eigenvalue weighted by atomic mass is 79.9. The van der Waals surface area contributed by atoms with E-state index in [0.29, 0.717) is 18.3 Å². The normalized spacial score (nSPS) is 12.6. The van der Waals surface area contributed by atoms with E-state index in [1.807, 2.05) is 18.2 Å². The van der Waals surface area contributed by atoms with Crippen LogP contribution in [-0.4, -0.2) is 17.7 Å². The molecule has 104 valence electrons. The number of aliphatic carboxylic acids is 1. The summed E-state index contributed by atoms with van der Waals surface area (Å²) in [6.45, 7) is 4.94. The predicted molar refractivity (Wildman–Crippen MR) is 80.4 cm³/mol. The Hall–Kier alpha value is -1.29. The van der Waals surface area contributed by atoms with E-state index in [4.69, 9.17) is 9.84 Å². The Balaban J connectivity index is 2.79. The molecule has 0 radical (unpaired) electrons. The number of carboxylic acids is 1. The Bertz CT molecular complexity index is 455. The highest BCUT2D eigenvalue weighted by Crippen LogP contribution is 2.25. The lowest BCUT2D eigenvalue weighted by Crippen LogP contribution is -2.08. The van der Waals surface area contributed by atoms with E-state index in [1.165, 1.54) is 0 Å². The first kappa shape index (κ1) is 15.8. The molecule has 1 aromatic rings. The topological polar surface area (TPSA) is 46.5 Å². The molecule has 1 atom stereocenters. The van der Waals surface area contributed by atoms with Gasteiger partial charge >= 0.3 is 5.97 Å². The molecule has 0 amide bonds. The largest absolute Gasteiger partial charge is 0.493 e. The summed E-state index contributed by atoms with van der Waals surface area (Å²) in [6.07, 6.45) is 4.92. The van der Waals surface area contributed by atoms with Crippen LogP contribution in [0.4, 0.5) is 0 Å². The van der Waals surface area contributed by atoms with Crippen LogP contribution in [0.1, 0.15) is 32.3 Å².